The van der Waals surface area contributed by atoms with Crippen molar-refractivity contribution in [2.75, 3.05) is 48.1 Å². The van der Waals surface area contributed by atoms with E-state index in [0.29, 0.717) is 0 Å². The molecule has 0 spiro atoms. The van der Waals surface area contributed by atoms with Gasteiger partial charge in [0.1, 0.15) is 0 Å². The minimum atomic E-state index is 0. The zero-order valence-corrected chi connectivity index (χ0v) is 16.7. The topological polar surface area (TPSA) is 42.3 Å². The van der Waals surface area contributed by atoms with Crippen LogP contribution in [0.3, 0.4) is 0 Å². The second-order valence-corrected chi connectivity index (χ2v) is 6.68. The molecule has 0 aromatic heterocycles. The quantitative estimate of drug-likeness (QED) is 0.392. The Hall–Kier alpha value is 1.02. The molecule has 0 radical (unpaired) electrons. The molecule has 0 bridgehead atoms. The zero-order valence-electron chi connectivity index (χ0n) is 14.3. The van der Waals surface area contributed by atoms with E-state index in [4.69, 9.17) is 0 Å². The van der Waals surface area contributed by atoms with Crippen LogP contribution in [0.25, 0.3) is 15.7 Å². The van der Waals surface area contributed by atoms with Gasteiger partial charge < -0.3 is 23.1 Å². The van der Waals surface area contributed by atoms with Crippen molar-refractivity contribution in [3.05, 3.63) is 23.1 Å². The summed E-state index contributed by atoms with van der Waals surface area (Å²) in [6.07, 6.45) is 5.76. The van der Waals surface area contributed by atoms with Crippen LogP contribution in [0.5, 0.6) is 0 Å². The molecule has 5 heteroatoms. The van der Waals surface area contributed by atoms with Gasteiger partial charge in [-0.3, -0.25) is 0 Å². The molecule has 1 aliphatic rings. The van der Waals surface area contributed by atoms with Gasteiger partial charge in [0, 0.05) is 0 Å². The molecule has 1 saturated carbocycles. The molecule has 1 fully saturated rings. The molecule has 0 aliphatic heterocycles. The van der Waals surface area contributed by atoms with Crippen LogP contribution in [0.1, 0.15) is 26.2 Å². The maximum Gasteiger partial charge on any atom is 4.00 e. The smallest absolute Gasteiger partial charge is 0.668 e. The van der Waals surface area contributed by atoms with Gasteiger partial charge in [-0.05, 0) is 24.4 Å². The van der Waals surface area contributed by atoms with Crippen LogP contribution in [0.4, 0.5) is 0 Å². The van der Waals surface area contributed by atoms with Gasteiger partial charge in [-0.25, -0.2) is 8.07 Å². The number of hydrogen-bond donors (Lipinski definition) is 0. The average Bonchev–Trinajstić information content (AvgIpc) is 2.66. The summed E-state index contributed by atoms with van der Waals surface area (Å²) < 4.78 is 0. The van der Waals surface area contributed by atoms with Gasteiger partial charge >= 0.3 is 21.7 Å². The maximum atomic E-state index is 4.35. The van der Waals surface area contributed by atoms with E-state index in [-0.39, 0.29) is 37.2 Å². The van der Waals surface area contributed by atoms with Crippen LogP contribution in [0, 0.1) is 19.3 Å². The molecule has 0 amide bonds. The van der Waals surface area contributed by atoms with Crippen LogP contribution < -0.4 is 0 Å². The Balaban J connectivity index is -0.000000122. The Morgan fingerprint density at radius 2 is 1.42 bits per heavy atom. The van der Waals surface area contributed by atoms with E-state index in [2.05, 4.69) is 29.3 Å². The SMILES string of the molecule is C[N-]C.C[N-]C.C[N-]P(C)CC1CCC[C@@H]1C.[CH3-].[Ti+4]. The van der Waals surface area contributed by atoms with Crippen LogP contribution in [-0.2, 0) is 21.7 Å². The monoisotopic (exact) mass is 323 g/mol. The summed E-state index contributed by atoms with van der Waals surface area (Å²) in [5.74, 6) is 1.97. The Kier molecular flexibility index (Phi) is 31.7. The van der Waals surface area contributed by atoms with Crippen LogP contribution in [0.2, 0.25) is 0 Å². The molecule has 1 rings (SSSR count). The van der Waals surface area contributed by atoms with Gasteiger partial charge in [0.15, 0.2) is 0 Å². The fourth-order valence-corrected chi connectivity index (χ4v) is 3.30. The third-order valence-electron chi connectivity index (χ3n) is 2.88. The van der Waals surface area contributed by atoms with Crippen molar-refractivity contribution in [3.63, 3.8) is 0 Å². The molecule has 2 unspecified atom stereocenters. The molecule has 1 aliphatic carbocycles. The summed E-state index contributed by atoms with van der Waals surface area (Å²) in [7, 11) is 8.97. The van der Waals surface area contributed by atoms with Crippen molar-refractivity contribution in [2.24, 2.45) is 11.8 Å². The maximum absolute atomic E-state index is 4.35. The van der Waals surface area contributed by atoms with E-state index in [1.807, 2.05) is 7.05 Å². The third-order valence-corrected chi connectivity index (χ3v) is 4.56. The normalized spacial score (nSPS) is 21.6. The molecule has 0 aromatic carbocycles. The van der Waals surface area contributed by atoms with Gasteiger partial charge in [0.25, 0.3) is 0 Å². The minimum absolute atomic E-state index is 0. The molecule has 0 aromatic rings. The number of rotatable bonds is 3. The van der Waals surface area contributed by atoms with E-state index in [0.717, 1.165) is 11.8 Å². The molecule has 0 heterocycles. The molecule has 0 saturated heterocycles. The van der Waals surface area contributed by atoms with Crippen molar-refractivity contribution < 1.29 is 21.7 Å². The molecule has 0 N–H and O–H groups in total. The first-order valence-corrected chi connectivity index (χ1v) is 8.26. The van der Waals surface area contributed by atoms with E-state index in [9.17, 15) is 0 Å². The molecule has 19 heavy (non-hydrogen) atoms. The summed E-state index contributed by atoms with van der Waals surface area (Å²) in [4.78, 5) is 0. The average molecular weight is 323 g/mol. The van der Waals surface area contributed by atoms with E-state index < -0.39 is 0 Å². The summed E-state index contributed by atoms with van der Waals surface area (Å²) in [5, 5.41) is 11.4. The third kappa shape index (κ3) is 19.0. The molecular weight excluding hydrogens is 289 g/mol. The van der Waals surface area contributed by atoms with Gasteiger partial charge in [0.05, 0.1) is 0 Å². The predicted molar refractivity (Wildman–Crippen MR) is 90.3 cm³/mol. The Morgan fingerprint density at radius 3 is 1.68 bits per heavy atom. The van der Waals surface area contributed by atoms with Crippen molar-refractivity contribution >= 4 is 8.07 Å². The second-order valence-electron chi connectivity index (χ2n) is 4.60. The fraction of sp³-hybridized carbons (Fsp3) is 0.929. The Bertz CT molecular complexity index is 149. The molecule has 114 valence electrons. The van der Waals surface area contributed by atoms with Gasteiger partial charge in [-0.2, -0.15) is 35.2 Å². The van der Waals surface area contributed by atoms with Gasteiger partial charge in [-0.1, -0.05) is 26.4 Å². The summed E-state index contributed by atoms with van der Waals surface area (Å²) in [5.41, 5.74) is 0. The van der Waals surface area contributed by atoms with Gasteiger partial charge in [-0.15, -0.1) is 0 Å². The number of nitrogens with zero attached hydrogens (tertiary/aromatic N) is 3. The Labute approximate surface area is 139 Å². The first-order valence-electron chi connectivity index (χ1n) is 6.33. The first kappa shape index (κ1) is 28.2. The van der Waals surface area contributed by atoms with Crippen molar-refractivity contribution in [1.29, 1.82) is 0 Å². The first-order chi connectivity index (χ1) is 8.06. The fourth-order valence-electron chi connectivity index (χ4n) is 1.91. The Morgan fingerprint density at radius 1 is 1.00 bits per heavy atom. The standard InChI is InChI=1S/C9H19NP.2C2H6N.CH3.Ti/c1-8-5-4-6-9(8)7-11(3)10-2;2*1-3-2;;/h8-9H,4-7H2,1-3H3;2*1-2H3;1H3;/q4*-1;+4/t8-,9?,11?;;;;/m0..../s1. The van der Waals surface area contributed by atoms with E-state index in [1.54, 1.807) is 28.2 Å². The molecule has 3 nitrogen and oxygen atoms in total. The van der Waals surface area contributed by atoms with Crippen molar-refractivity contribution in [2.45, 2.75) is 26.2 Å². The van der Waals surface area contributed by atoms with Crippen LogP contribution in [-0.4, -0.2) is 48.1 Å². The van der Waals surface area contributed by atoms with Crippen LogP contribution >= 0.6 is 8.07 Å². The summed E-state index contributed by atoms with van der Waals surface area (Å²) >= 11 is 0. The van der Waals surface area contributed by atoms with E-state index in [1.165, 1.54) is 25.4 Å². The minimum Gasteiger partial charge on any atom is -0.668 e. The van der Waals surface area contributed by atoms with Crippen molar-refractivity contribution in [1.82, 2.24) is 0 Å². The van der Waals surface area contributed by atoms with E-state index >= 15 is 0 Å². The molecule has 3 atom stereocenters. The summed E-state index contributed by atoms with van der Waals surface area (Å²) in [6.45, 7) is 4.69. The number of hydrogen-bond acceptors (Lipinski definition) is 0. The zero-order chi connectivity index (χ0) is 13.7. The predicted octanol–water partition coefficient (Wildman–Crippen LogP) is 5.14. The van der Waals surface area contributed by atoms with Gasteiger partial charge in [0.2, 0.25) is 0 Å². The second kappa shape index (κ2) is 21.3. The summed E-state index contributed by atoms with van der Waals surface area (Å²) in [6, 6.07) is 0. The van der Waals surface area contributed by atoms with Crippen LogP contribution in [0.15, 0.2) is 0 Å². The largest absolute Gasteiger partial charge is 4.00 e. The molecular formula is C14H34N3PTi. The van der Waals surface area contributed by atoms with Crippen molar-refractivity contribution in [3.8, 4) is 0 Å².